The van der Waals surface area contributed by atoms with Gasteiger partial charge in [0, 0.05) is 6.42 Å². The fourth-order valence-electron chi connectivity index (χ4n) is 7.09. The van der Waals surface area contributed by atoms with Crippen molar-refractivity contribution >= 4 is 12.1 Å². The molecular weight excluding hydrogens is 332 g/mol. The molecule has 4 rings (SSSR count). The molecule has 3 fully saturated rings. The Balaban J connectivity index is 1.73. The van der Waals surface area contributed by atoms with Gasteiger partial charge in [0.2, 0.25) is 17.3 Å². The molecule has 0 spiro atoms. The van der Waals surface area contributed by atoms with Gasteiger partial charge in [-0.15, -0.1) is 0 Å². The van der Waals surface area contributed by atoms with Gasteiger partial charge in [-0.3, -0.25) is 4.79 Å². The number of aldehydes is 1. The van der Waals surface area contributed by atoms with Crippen LogP contribution in [0, 0.1) is 34.5 Å². The molecule has 0 heterocycles. The van der Waals surface area contributed by atoms with E-state index >= 15 is 0 Å². The lowest BCUT2D eigenvalue weighted by molar-refractivity contribution is -0.136. The minimum Gasteiger partial charge on any atom is -0.504 e. The highest BCUT2D eigenvalue weighted by atomic mass is 16.3. The average molecular weight is 360 g/mol. The second kappa shape index (κ2) is 5.61. The Kier molecular flexibility index (Phi) is 3.80. The maximum atomic E-state index is 13.0. The molecule has 5 nitrogen and oxygen atoms in total. The second-order valence-corrected chi connectivity index (χ2v) is 9.19. The van der Waals surface area contributed by atoms with Gasteiger partial charge < -0.3 is 20.1 Å². The minimum atomic E-state index is -0.937. The van der Waals surface area contributed by atoms with Crippen molar-refractivity contribution in [3.8, 4) is 0 Å². The topological polar surface area (TPSA) is 94.8 Å². The van der Waals surface area contributed by atoms with E-state index in [1.807, 2.05) is 6.92 Å². The fourth-order valence-corrected chi connectivity index (χ4v) is 7.09. The maximum Gasteiger partial charge on any atom is 0.211 e. The molecule has 5 heteroatoms. The first-order valence-corrected chi connectivity index (χ1v) is 9.80. The van der Waals surface area contributed by atoms with Gasteiger partial charge in [-0.25, -0.2) is 0 Å². The van der Waals surface area contributed by atoms with E-state index in [2.05, 4.69) is 6.92 Å². The highest BCUT2D eigenvalue weighted by Crippen LogP contribution is 2.66. The van der Waals surface area contributed by atoms with Crippen LogP contribution >= 0.6 is 0 Å². The summed E-state index contributed by atoms with van der Waals surface area (Å²) in [6.07, 6.45) is 7.06. The molecular formula is C21H28O5. The molecule has 0 aromatic carbocycles. The molecule has 0 unspecified atom stereocenters. The standard InChI is InChI=1S/C21H28O5/c1-20-9-7-14-12(13(20)5-3-11(20)8-10-22)4-6-15-16(23)17(24)18(25)19(26)21(14,15)2/h10-14,23-25H,3-9H2,1-2H3/t11-,12+,13+,14+,20-,21-/m1/s1. The largest absolute Gasteiger partial charge is 0.504 e. The van der Waals surface area contributed by atoms with Crippen LogP contribution in [0.5, 0.6) is 0 Å². The summed E-state index contributed by atoms with van der Waals surface area (Å²) in [5, 5.41) is 30.4. The molecule has 3 N–H and O–H groups in total. The van der Waals surface area contributed by atoms with Crippen LogP contribution in [-0.2, 0) is 9.59 Å². The summed E-state index contributed by atoms with van der Waals surface area (Å²) < 4.78 is 0. The van der Waals surface area contributed by atoms with Crippen LogP contribution in [0.3, 0.4) is 0 Å². The lowest BCUT2D eigenvalue weighted by Gasteiger charge is -2.57. The molecule has 4 aliphatic carbocycles. The smallest absolute Gasteiger partial charge is 0.211 e. The summed E-state index contributed by atoms with van der Waals surface area (Å²) in [5.41, 5.74) is -0.211. The van der Waals surface area contributed by atoms with Crippen molar-refractivity contribution in [3.63, 3.8) is 0 Å². The molecule has 26 heavy (non-hydrogen) atoms. The Morgan fingerprint density at radius 3 is 2.42 bits per heavy atom. The average Bonchev–Trinajstić information content (AvgIpc) is 2.95. The van der Waals surface area contributed by atoms with Gasteiger partial charge in [-0.05, 0) is 80.1 Å². The third kappa shape index (κ3) is 1.97. The summed E-state index contributed by atoms with van der Waals surface area (Å²) in [6, 6.07) is 0. The Morgan fingerprint density at radius 2 is 1.73 bits per heavy atom. The first-order chi connectivity index (χ1) is 12.3. The summed E-state index contributed by atoms with van der Waals surface area (Å²) in [5.74, 6) is -0.829. The Labute approximate surface area is 153 Å². The number of aliphatic hydroxyl groups excluding tert-OH is 3. The van der Waals surface area contributed by atoms with Crippen LogP contribution in [0.25, 0.3) is 0 Å². The molecule has 0 aliphatic heterocycles. The van der Waals surface area contributed by atoms with E-state index in [1.54, 1.807) is 0 Å². The van der Waals surface area contributed by atoms with Gasteiger partial charge in [0.15, 0.2) is 5.76 Å². The highest BCUT2D eigenvalue weighted by Gasteiger charge is 2.62. The van der Waals surface area contributed by atoms with Crippen molar-refractivity contribution in [2.45, 2.75) is 58.8 Å². The zero-order valence-electron chi connectivity index (χ0n) is 15.5. The quantitative estimate of drug-likeness (QED) is 0.643. The van der Waals surface area contributed by atoms with Gasteiger partial charge in [-0.2, -0.15) is 0 Å². The van der Waals surface area contributed by atoms with E-state index in [0.717, 1.165) is 38.4 Å². The van der Waals surface area contributed by atoms with Crippen LogP contribution < -0.4 is 0 Å². The Bertz CT molecular complexity index is 735. The number of carbonyl (C=O) groups is 2. The molecule has 0 saturated heterocycles. The second-order valence-electron chi connectivity index (χ2n) is 9.19. The van der Waals surface area contributed by atoms with Gasteiger partial charge >= 0.3 is 0 Å². The number of carbonyl (C=O) groups excluding carboxylic acids is 2. The highest BCUT2D eigenvalue weighted by molar-refractivity contribution is 6.02. The number of Topliss-reactive ketones (excluding diaryl/α,β-unsaturated/α-hetero) is 1. The summed E-state index contributed by atoms with van der Waals surface area (Å²) in [7, 11) is 0. The van der Waals surface area contributed by atoms with Crippen molar-refractivity contribution < 1.29 is 24.9 Å². The van der Waals surface area contributed by atoms with E-state index in [1.165, 1.54) is 0 Å². The van der Waals surface area contributed by atoms with Crippen LogP contribution in [0.4, 0.5) is 0 Å². The predicted octanol–water partition coefficient (Wildman–Crippen LogP) is 4.16. The normalized spacial score (nSPS) is 45.2. The van der Waals surface area contributed by atoms with E-state index in [9.17, 15) is 24.9 Å². The number of aliphatic hydroxyl groups is 3. The Morgan fingerprint density at radius 1 is 1.00 bits per heavy atom. The van der Waals surface area contributed by atoms with Crippen LogP contribution in [-0.4, -0.2) is 27.4 Å². The van der Waals surface area contributed by atoms with E-state index in [4.69, 9.17) is 0 Å². The molecule has 0 amide bonds. The maximum absolute atomic E-state index is 13.0. The van der Waals surface area contributed by atoms with Gasteiger partial charge in [0.05, 0.1) is 5.41 Å². The number of hydrogen-bond donors (Lipinski definition) is 3. The molecule has 142 valence electrons. The monoisotopic (exact) mass is 360 g/mol. The lowest BCUT2D eigenvalue weighted by Crippen LogP contribution is -2.54. The predicted molar refractivity (Wildman–Crippen MR) is 95.5 cm³/mol. The molecule has 0 aromatic heterocycles. The molecule has 4 aliphatic rings. The lowest BCUT2D eigenvalue weighted by atomic mass is 9.46. The van der Waals surface area contributed by atoms with Crippen molar-refractivity contribution in [2.24, 2.45) is 34.5 Å². The van der Waals surface area contributed by atoms with Crippen LogP contribution in [0.1, 0.15) is 58.8 Å². The van der Waals surface area contributed by atoms with Gasteiger partial charge in [0.1, 0.15) is 6.29 Å². The van der Waals surface area contributed by atoms with E-state index < -0.39 is 22.7 Å². The molecule has 0 radical (unpaired) electrons. The minimum absolute atomic E-state index is 0.0595. The van der Waals surface area contributed by atoms with Crippen molar-refractivity contribution in [3.05, 3.63) is 22.9 Å². The third-order valence-electron chi connectivity index (χ3n) is 8.53. The summed E-state index contributed by atoms with van der Waals surface area (Å²) in [6.45, 7) is 4.15. The molecule has 0 aromatic rings. The van der Waals surface area contributed by atoms with Gasteiger partial charge in [-0.1, -0.05) is 6.92 Å². The number of allylic oxidation sites excluding steroid dienone is 2. The van der Waals surface area contributed by atoms with E-state index in [0.29, 0.717) is 36.2 Å². The zero-order valence-corrected chi connectivity index (χ0v) is 15.5. The summed E-state index contributed by atoms with van der Waals surface area (Å²) >= 11 is 0. The molecule has 0 bridgehead atoms. The van der Waals surface area contributed by atoms with Crippen molar-refractivity contribution in [1.29, 1.82) is 0 Å². The number of ketones is 1. The SMILES string of the molecule is C[C@]12C(=O)C(O)=C(O)C(O)=C1CC[C@@H]1[C@@H]2CC[C@]2(C)[C@@H](CC=O)CC[C@@H]12. The Hall–Kier alpha value is -1.78. The van der Waals surface area contributed by atoms with Crippen LogP contribution in [0.15, 0.2) is 22.9 Å². The summed E-state index contributed by atoms with van der Waals surface area (Å²) in [4.78, 5) is 24.1. The van der Waals surface area contributed by atoms with Crippen LogP contribution in [0.2, 0.25) is 0 Å². The van der Waals surface area contributed by atoms with Crippen molar-refractivity contribution in [1.82, 2.24) is 0 Å². The number of rotatable bonds is 2. The zero-order chi connectivity index (χ0) is 18.9. The van der Waals surface area contributed by atoms with Crippen molar-refractivity contribution in [2.75, 3.05) is 0 Å². The molecule has 6 atom stereocenters. The number of fused-ring (bicyclic) bond motifs is 5. The molecule has 3 saturated carbocycles. The van der Waals surface area contributed by atoms with E-state index in [-0.39, 0.29) is 17.1 Å². The fraction of sp³-hybridized carbons (Fsp3) is 0.714. The third-order valence-corrected chi connectivity index (χ3v) is 8.53. The first-order valence-electron chi connectivity index (χ1n) is 9.80. The van der Waals surface area contributed by atoms with Gasteiger partial charge in [0.25, 0.3) is 0 Å². The number of hydrogen-bond acceptors (Lipinski definition) is 5. The first kappa shape index (κ1) is 17.6.